The molecular formula is C24H28N4O4S. The largest absolute Gasteiger partial charge is 0.493 e. The van der Waals surface area contributed by atoms with Crippen LogP contribution in [-0.4, -0.2) is 55.5 Å². The number of piperidine rings is 1. The maximum atomic E-state index is 13.0. The van der Waals surface area contributed by atoms with E-state index in [2.05, 4.69) is 27.6 Å². The molecule has 4 rings (SSSR count). The lowest BCUT2D eigenvalue weighted by Gasteiger charge is -2.31. The van der Waals surface area contributed by atoms with Crippen LogP contribution >= 0.6 is 11.3 Å². The van der Waals surface area contributed by atoms with Crippen molar-refractivity contribution in [3.05, 3.63) is 58.0 Å². The Balaban J connectivity index is 1.42. The molecule has 1 fully saturated rings. The van der Waals surface area contributed by atoms with Crippen molar-refractivity contribution in [3.8, 4) is 17.2 Å². The highest BCUT2D eigenvalue weighted by Crippen LogP contribution is 2.40. The number of amides is 2. The number of hydrogen-bond donors (Lipinski definition) is 1. The van der Waals surface area contributed by atoms with E-state index in [0.29, 0.717) is 36.0 Å². The summed E-state index contributed by atoms with van der Waals surface area (Å²) in [6, 6.07) is 13.5. The van der Waals surface area contributed by atoms with Crippen molar-refractivity contribution in [1.82, 2.24) is 15.1 Å². The van der Waals surface area contributed by atoms with Crippen LogP contribution in [0.2, 0.25) is 0 Å². The van der Waals surface area contributed by atoms with Crippen molar-refractivity contribution in [2.24, 2.45) is 0 Å². The van der Waals surface area contributed by atoms with Crippen LogP contribution in [0.5, 0.6) is 17.2 Å². The number of rotatable bonds is 7. The average molecular weight is 469 g/mol. The number of aromatic nitrogens is 2. The maximum Gasteiger partial charge on any atom is 0.321 e. The Kier molecular flexibility index (Phi) is 7.29. The third-order valence-electron chi connectivity index (χ3n) is 5.65. The number of carbonyl (C=O) groups excluding carboxylic acids is 1. The van der Waals surface area contributed by atoms with Gasteiger partial charge in [0.2, 0.25) is 5.75 Å². The van der Waals surface area contributed by atoms with E-state index in [1.165, 1.54) is 5.56 Å². The van der Waals surface area contributed by atoms with Gasteiger partial charge in [-0.3, -0.25) is 0 Å². The number of nitrogens with zero attached hydrogens (tertiary/aromatic N) is 3. The molecule has 0 bridgehead atoms. The fourth-order valence-electron chi connectivity index (χ4n) is 3.99. The van der Waals surface area contributed by atoms with E-state index in [1.54, 1.807) is 44.8 Å². The SMILES string of the molecule is COc1cc(NC(=O)N2CCCC(c3nnc(Cc4ccccc4)s3)C2)cc(OC)c1OC. The first kappa shape index (κ1) is 22.8. The number of urea groups is 1. The molecule has 1 saturated heterocycles. The van der Waals surface area contributed by atoms with Crippen LogP contribution in [0.4, 0.5) is 10.5 Å². The maximum absolute atomic E-state index is 13.0. The van der Waals surface area contributed by atoms with Gasteiger partial charge in [-0.1, -0.05) is 30.3 Å². The molecule has 1 atom stereocenters. The minimum absolute atomic E-state index is 0.164. The summed E-state index contributed by atoms with van der Waals surface area (Å²) in [5.74, 6) is 1.65. The first-order chi connectivity index (χ1) is 16.1. The highest BCUT2D eigenvalue weighted by molar-refractivity contribution is 7.11. The fourth-order valence-corrected chi connectivity index (χ4v) is 5.00. The third kappa shape index (κ3) is 5.36. The zero-order valence-electron chi connectivity index (χ0n) is 19.0. The standard InChI is InChI=1S/C24H28N4O4S/c1-30-19-13-18(14-20(31-2)22(19)32-3)25-24(29)28-11-7-10-17(15-28)23-27-26-21(33-23)12-16-8-5-4-6-9-16/h4-6,8-9,13-14,17H,7,10-12,15H2,1-3H3,(H,25,29). The molecule has 9 heteroatoms. The van der Waals surface area contributed by atoms with Gasteiger partial charge >= 0.3 is 6.03 Å². The first-order valence-corrected chi connectivity index (χ1v) is 11.6. The number of anilines is 1. The van der Waals surface area contributed by atoms with Gasteiger partial charge in [-0.15, -0.1) is 21.5 Å². The van der Waals surface area contributed by atoms with Crippen LogP contribution < -0.4 is 19.5 Å². The number of benzene rings is 2. The van der Waals surface area contributed by atoms with Crippen LogP contribution in [0.1, 0.15) is 34.3 Å². The Morgan fingerprint density at radius 3 is 2.48 bits per heavy atom. The molecule has 3 aromatic rings. The van der Waals surface area contributed by atoms with Gasteiger partial charge in [0.25, 0.3) is 0 Å². The van der Waals surface area contributed by atoms with Crippen LogP contribution in [-0.2, 0) is 6.42 Å². The normalized spacial score (nSPS) is 15.7. The Hall–Kier alpha value is -3.33. The molecule has 1 N–H and O–H groups in total. The molecule has 174 valence electrons. The molecule has 1 aliphatic heterocycles. The van der Waals surface area contributed by atoms with E-state index in [0.717, 1.165) is 29.3 Å². The van der Waals surface area contributed by atoms with Crippen molar-refractivity contribution in [2.45, 2.75) is 25.2 Å². The predicted octanol–water partition coefficient (Wildman–Crippen LogP) is 4.57. The molecule has 2 aromatic carbocycles. The van der Waals surface area contributed by atoms with E-state index in [-0.39, 0.29) is 11.9 Å². The van der Waals surface area contributed by atoms with Gasteiger partial charge < -0.3 is 24.4 Å². The average Bonchev–Trinajstić information content (AvgIpc) is 3.32. The van der Waals surface area contributed by atoms with Crippen molar-refractivity contribution in [3.63, 3.8) is 0 Å². The molecular weight excluding hydrogens is 440 g/mol. The Labute approximate surface area is 197 Å². The summed E-state index contributed by atoms with van der Waals surface area (Å²) in [5, 5.41) is 13.8. The molecule has 0 spiro atoms. The topological polar surface area (TPSA) is 85.8 Å². The lowest BCUT2D eigenvalue weighted by molar-refractivity contribution is 0.192. The summed E-state index contributed by atoms with van der Waals surface area (Å²) in [6.07, 6.45) is 2.69. The van der Waals surface area contributed by atoms with Crippen molar-refractivity contribution in [1.29, 1.82) is 0 Å². The fraction of sp³-hybridized carbons (Fsp3) is 0.375. The minimum atomic E-state index is -0.164. The first-order valence-electron chi connectivity index (χ1n) is 10.8. The Morgan fingerprint density at radius 2 is 1.82 bits per heavy atom. The quantitative estimate of drug-likeness (QED) is 0.547. The van der Waals surface area contributed by atoms with E-state index >= 15 is 0 Å². The molecule has 1 aliphatic rings. The highest BCUT2D eigenvalue weighted by atomic mass is 32.1. The molecule has 33 heavy (non-hydrogen) atoms. The van der Waals surface area contributed by atoms with Crippen LogP contribution in [0.3, 0.4) is 0 Å². The second kappa shape index (κ2) is 10.5. The molecule has 2 amide bonds. The minimum Gasteiger partial charge on any atom is -0.493 e. The number of nitrogens with one attached hydrogen (secondary N) is 1. The number of methoxy groups -OCH3 is 3. The zero-order chi connectivity index (χ0) is 23.2. The monoisotopic (exact) mass is 468 g/mol. The third-order valence-corrected chi connectivity index (χ3v) is 6.74. The summed E-state index contributed by atoms with van der Waals surface area (Å²) < 4.78 is 16.1. The zero-order valence-corrected chi connectivity index (χ0v) is 19.9. The van der Waals surface area contributed by atoms with E-state index < -0.39 is 0 Å². The van der Waals surface area contributed by atoms with Crippen molar-refractivity contribution in [2.75, 3.05) is 39.7 Å². The lowest BCUT2D eigenvalue weighted by Crippen LogP contribution is -2.41. The number of hydrogen-bond acceptors (Lipinski definition) is 7. The number of likely N-dealkylation sites (tertiary alicyclic amines) is 1. The van der Waals surface area contributed by atoms with E-state index in [4.69, 9.17) is 14.2 Å². The Morgan fingerprint density at radius 1 is 1.09 bits per heavy atom. The highest BCUT2D eigenvalue weighted by Gasteiger charge is 2.28. The number of ether oxygens (including phenoxy) is 3. The second-order valence-corrected chi connectivity index (χ2v) is 8.92. The lowest BCUT2D eigenvalue weighted by atomic mass is 9.99. The van der Waals surface area contributed by atoms with E-state index in [1.807, 2.05) is 23.1 Å². The van der Waals surface area contributed by atoms with Gasteiger partial charge in [-0.05, 0) is 18.4 Å². The van der Waals surface area contributed by atoms with Gasteiger partial charge in [-0.25, -0.2) is 4.79 Å². The molecule has 8 nitrogen and oxygen atoms in total. The van der Waals surface area contributed by atoms with Crippen LogP contribution in [0.15, 0.2) is 42.5 Å². The molecule has 0 saturated carbocycles. The van der Waals surface area contributed by atoms with E-state index in [9.17, 15) is 4.79 Å². The summed E-state index contributed by atoms with van der Waals surface area (Å²) in [7, 11) is 4.64. The van der Waals surface area contributed by atoms with Crippen molar-refractivity contribution < 1.29 is 19.0 Å². The van der Waals surface area contributed by atoms with Gasteiger partial charge in [0, 0.05) is 37.6 Å². The Bertz CT molecular complexity index is 1060. The summed E-state index contributed by atoms with van der Waals surface area (Å²) >= 11 is 1.64. The molecule has 2 heterocycles. The smallest absolute Gasteiger partial charge is 0.321 e. The number of carbonyl (C=O) groups is 1. The van der Waals surface area contributed by atoms with Crippen LogP contribution in [0, 0.1) is 0 Å². The molecule has 1 aromatic heterocycles. The van der Waals surface area contributed by atoms with Gasteiger partial charge in [0.05, 0.1) is 27.0 Å². The van der Waals surface area contributed by atoms with Gasteiger partial charge in [-0.2, -0.15) is 0 Å². The van der Waals surface area contributed by atoms with Gasteiger partial charge in [0.15, 0.2) is 11.5 Å². The van der Waals surface area contributed by atoms with Crippen LogP contribution in [0.25, 0.3) is 0 Å². The molecule has 1 unspecified atom stereocenters. The second-order valence-electron chi connectivity index (χ2n) is 7.83. The molecule has 0 aliphatic carbocycles. The van der Waals surface area contributed by atoms with Crippen molar-refractivity contribution >= 4 is 23.1 Å². The summed E-state index contributed by atoms with van der Waals surface area (Å²) in [4.78, 5) is 14.8. The summed E-state index contributed by atoms with van der Waals surface area (Å²) in [6.45, 7) is 1.30. The molecule has 0 radical (unpaired) electrons. The summed E-state index contributed by atoms with van der Waals surface area (Å²) in [5.41, 5.74) is 1.80. The predicted molar refractivity (Wildman–Crippen MR) is 128 cm³/mol. The van der Waals surface area contributed by atoms with Gasteiger partial charge in [0.1, 0.15) is 10.0 Å².